The Morgan fingerprint density at radius 2 is 2.00 bits per heavy atom. The fraction of sp³-hybridized carbons (Fsp3) is 0.167. The van der Waals surface area contributed by atoms with Crippen molar-refractivity contribution in [2.75, 3.05) is 5.32 Å². The van der Waals surface area contributed by atoms with E-state index in [1.54, 1.807) is 12.3 Å². The first kappa shape index (κ1) is 10.4. The summed E-state index contributed by atoms with van der Waals surface area (Å²) in [6.07, 6.45) is 1.77. The molecule has 2 N–H and O–H groups in total. The Hall–Kier alpha value is -2.10. The molecule has 82 valence electrons. The molecule has 16 heavy (non-hydrogen) atoms. The molecule has 1 amide bonds. The highest BCUT2D eigenvalue weighted by atomic mass is 16.1. The third-order valence-corrected chi connectivity index (χ3v) is 2.37. The number of benzene rings is 1. The fourth-order valence-corrected chi connectivity index (χ4v) is 1.73. The molecule has 2 rings (SSSR count). The molecule has 0 saturated heterocycles. The number of ketones is 1. The summed E-state index contributed by atoms with van der Waals surface area (Å²) in [6, 6.07) is 5.35. The average Bonchev–Trinajstić information content (AvgIpc) is 2.62. The van der Waals surface area contributed by atoms with E-state index < -0.39 is 0 Å². The van der Waals surface area contributed by atoms with Crippen LogP contribution < -0.4 is 5.32 Å². The van der Waals surface area contributed by atoms with E-state index in [9.17, 15) is 9.59 Å². The summed E-state index contributed by atoms with van der Waals surface area (Å²) in [5, 5.41) is 3.55. The maximum atomic E-state index is 11.5. The molecule has 2 aromatic rings. The molecule has 1 heterocycles. The van der Waals surface area contributed by atoms with E-state index in [4.69, 9.17) is 0 Å². The molecule has 0 unspecified atom stereocenters. The van der Waals surface area contributed by atoms with Crippen molar-refractivity contribution in [3.05, 3.63) is 30.0 Å². The quantitative estimate of drug-likeness (QED) is 0.757. The molecule has 0 aliphatic heterocycles. The molecule has 0 fully saturated rings. The molecule has 0 atom stereocenters. The van der Waals surface area contributed by atoms with Crippen molar-refractivity contribution in [1.29, 1.82) is 0 Å². The fourth-order valence-electron chi connectivity index (χ4n) is 1.73. The summed E-state index contributed by atoms with van der Waals surface area (Å²) in [5.74, 6) is -0.169. The van der Waals surface area contributed by atoms with Crippen LogP contribution in [0.25, 0.3) is 10.9 Å². The molecule has 1 aromatic carbocycles. The number of H-pyrrole nitrogens is 1. The van der Waals surface area contributed by atoms with Crippen molar-refractivity contribution < 1.29 is 9.59 Å². The standard InChI is InChI=1S/C12H12N2O2/c1-7(15)11-5-9(14-8(2)16)6-12-10(11)3-4-13-12/h3-6,13H,1-2H3,(H,14,16). The van der Waals surface area contributed by atoms with Gasteiger partial charge in [-0.2, -0.15) is 0 Å². The Labute approximate surface area is 92.7 Å². The van der Waals surface area contributed by atoms with Gasteiger partial charge in [-0.25, -0.2) is 0 Å². The van der Waals surface area contributed by atoms with Gasteiger partial charge in [0.05, 0.1) is 0 Å². The van der Waals surface area contributed by atoms with Crippen molar-refractivity contribution in [2.24, 2.45) is 0 Å². The number of aromatic amines is 1. The predicted molar refractivity (Wildman–Crippen MR) is 62.6 cm³/mol. The lowest BCUT2D eigenvalue weighted by molar-refractivity contribution is -0.114. The Balaban J connectivity index is 2.61. The SMILES string of the molecule is CC(=O)Nc1cc(C(C)=O)c2cc[nH]c2c1. The summed E-state index contributed by atoms with van der Waals surface area (Å²) in [7, 11) is 0. The number of nitrogens with one attached hydrogen (secondary N) is 2. The molecule has 4 nitrogen and oxygen atoms in total. The second-order valence-corrected chi connectivity index (χ2v) is 3.70. The Bertz CT molecular complexity index is 569. The van der Waals surface area contributed by atoms with Crippen molar-refractivity contribution in [3.8, 4) is 0 Å². The van der Waals surface area contributed by atoms with Gasteiger partial charge in [-0.05, 0) is 25.1 Å². The zero-order valence-corrected chi connectivity index (χ0v) is 9.13. The molecule has 0 bridgehead atoms. The second-order valence-electron chi connectivity index (χ2n) is 3.70. The highest BCUT2D eigenvalue weighted by molar-refractivity contribution is 6.08. The molecule has 0 radical (unpaired) electrons. The minimum atomic E-state index is -0.152. The first-order valence-corrected chi connectivity index (χ1v) is 4.97. The Morgan fingerprint density at radius 1 is 1.25 bits per heavy atom. The van der Waals surface area contributed by atoms with Gasteiger partial charge in [-0.3, -0.25) is 9.59 Å². The lowest BCUT2D eigenvalue weighted by Gasteiger charge is -2.05. The highest BCUT2D eigenvalue weighted by Gasteiger charge is 2.09. The number of hydrogen-bond acceptors (Lipinski definition) is 2. The van der Waals surface area contributed by atoms with Gasteiger partial charge in [0.15, 0.2) is 5.78 Å². The molecule has 1 aromatic heterocycles. The van der Waals surface area contributed by atoms with Crippen LogP contribution in [0.3, 0.4) is 0 Å². The smallest absolute Gasteiger partial charge is 0.221 e. The minimum absolute atomic E-state index is 0.0168. The van der Waals surface area contributed by atoms with Crippen LogP contribution in [-0.4, -0.2) is 16.7 Å². The van der Waals surface area contributed by atoms with Crippen molar-refractivity contribution >= 4 is 28.3 Å². The van der Waals surface area contributed by atoms with Gasteiger partial charge in [-0.15, -0.1) is 0 Å². The van der Waals surface area contributed by atoms with E-state index in [1.807, 2.05) is 12.1 Å². The second kappa shape index (κ2) is 3.81. The Morgan fingerprint density at radius 3 is 2.62 bits per heavy atom. The van der Waals surface area contributed by atoms with Crippen LogP contribution in [-0.2, 0) is 4.79 Å². The topological polar surface area (TPSA) is 62.0 Å². The lowest BCUT2D eigenvalue weighted by atomic mass is 10.1. The van der Waals surface area contributed by atoms with Crippen LogP contribution in [0.5, 0.6) is 0 Å². The van der Waals surface area contributed by atoms with Crippen molar-refractivity contribution in [3.63, 3.8) is 0 Å². The summed E-state index contributed by atoms with van der Waals surface area (Å²) >= 11 is 0. The maximum Gasteiger partial charge on any atom is 0.221 e. The van der Waals surface area contributed by atoms with Gasteiger partial charge in [0, 0.05) is 35.3 Å². The highest BCUT2D eigenvalue weighted by Crippen LogP contribution is 2.23. The summed E-state index contributed by atoms with van der Waals surface area (Å²) < 4.78 is 0. The molecule has 0 aliphatic carbocycles. The summed E-state index contributed by atoms with van der Waals surface area (Å²) in [5.41, 5.74) is 2.09. The van der Waals surface area contributed by atoms with Gasteiger partial charge in [0.1, 0.15) is 0 Å². The first-order valence-electron chi connectivity index (χ1n) is 4.97. The van der Waals surface area contributed by atoms with Crippen molar-refractivity contribution in [1.82, 2.24) is 4.98 Å². The molecule has 4 heteroatoms. The van der Waals surface area contributed by atoms with Gasteiger partial charge in [0.2, 0.25) is 5.91 Å². The lowest BCUT2D eigenvalue weighted by Crippen LogP contribution is -2.06. The van der Waals surface area contributed by atoms with E-state index in [0.717, 1.165) is 10.9 Å². The van der Waals surface area contributed by atoms with Crippen LogP contribution >= 0.6 is 0 Å². The van der Waals surface area contributed by atoms with Crippen LogP contribution in [0.2, 0.25) is 0 Å². The summed E-state index contributed by atoms with van der Waals surface area (Å²) in [4.78, 5) is 25.5. The number of amides is 1. The third kappa shape index (κ3) is 1.82. The predicted octanol–water partition coefficient (Wildman–Crippen LogP) is 2.33. The average molecular weight is 216 g/mol. The minimum Gasteiger partial charge on any atom is -0.361 e. The number of carbonyl (C=O) groups is 2. The number of anilines is 1. The largest absolute Gasteiger partial charge is 0.361 e. The van der Waals surface area contributed by atoms with Crippen LogP contribution in [0.1, 0.15) is 24.2 Å². The van der Waals surface area contributed by atoms with E-state index in [1.165, 1.54) is 13.8 Å². The van der Waals surface area contributed by atoms with E-state index in [0.29, 0.717) is 11.3 Å². The number of aromatic nitrogens is 1. The zero-order chi connectivity index (χ0) is 11.7. The van der Waals surface area contributed by atoms with E-state index in [2.05, 4.69) is 10.3 Å². The summed E-state index contributed by atoms with van der Waals surface area (Å²) in [6.45, 7) is 2.95. The monoisotopic (exact) mass is 216 g/mol. The Kier molecular flexibility index (Phi) is 2.48. The van der Waals surface area contributed by atoms with E-state index in [-0.39, 0.29) is 11.7 Å². The first-order chi connectivity index (χ1) is 7.58. The third-order valence-electron chi connectivity index (χ3n) is 2.37. The van der Waals surface area contributed by atoms with Gasteiger partial charge >= 0.3 is 0 Å². The number of rotatable bonds is 2. The normalized spacial score (nSPS) is 10.4. The van der Waals surface area contributed by atoms with Crippen LogP contribution in [0.4, 0.5) is 5.69 Å². The molecule has 0 aliphatic rings. The van der Waals surface area contributed by atoms with Crippen molar-refractivity contribution in [2.45, 2.75) is 13.8 Å². The molecule has 0 saturated carbocycles. The molecular formula is C12H12N2O2. The van der Waals surface area contributed by atoms with E-state index >= 15 is 0 Å². The number of Topliss-reactive ketones (excluding diaryl/α,β-unsaturated/α-hetero) is 1. The van der Waals surface area contributed by atoms with Gasteiger partial charge in [0.25, 0.3) is 0 Å². The molecule has 0 spiro atoms. The van der Waals surface area contributed by atoms with Gasteiger partial charge < -0.3 is 10.3 Å². The van der Waals surface area contributed by atoms with Gasteiger partial charge in [-0.1, -0.05) is 0 Å². The zero-order valence-electron chi connectivity index (χ0n) is 9.13. The van der Waals surface area contributed by atoms with Crippen LogP contribution in [0, 0.1) is 0 Å². The number of hydrogen-bond donors (Lipinski definition) is 2. The number of fused-ring (bicyclic) bond motifs is 1. The molecular weight excluding hydrogens is 204 g/mol. The van der Waals surface area contributed by atoms with Crippen LogP contribution in [0.15, 0.2) is 24.4 Å². The number of carbonyl (C=O) groups excluding carboxylic acids is 2. The maximum absolute atomic E-state index is 11.5.